The van der Waals surface area contributed by atoms with Crippen LogP contribution in [0.25, 0.3) is 0 Å². The molecule has 0 aromatic rings. The lowest BCUT2D eigenvalue weighted by Gasteiger charge is -2.31. The summed E-state index contributed by atoms with van der Waals surface area (Å²) < 4.78 is 11.1. The van der Waals surface area contributed by atoms with E-state index >= 15 is 0 Å². The first-order valence-corrected chi connectivity index (χ1v) is 4.38. The van der Waals surface area contributed by atoms with Gasteiger partial charge in [-0.1, -0.05) is 6.42 Å². The quantitative estimate of drug-likeness (QED) is 0.570. The molecule has 2 rings (SSSR count). The maximum absolute atomic E-state index is 5.59. The average Bonchev–Trinajstić information content (AvgIpc) is 2.34. The van der Waals surface area contributed by atoms with Gasteiger partial charge in [-0.2, -0.15) is 0 Å². The Morgan fingerprint density at radius 2 is 1.91 bits per heavy atom. The van der Waals surface area contributed by atoms with E-state index in [0.29, 0.717) is 6.61 Å². The van der Waals surface area contributed by atoms with Gasteiger partial charge in [0.05, 0.1) is 6.61 Å². The van der Waals surface area contributed by atoms with Crippen LogP contribution in [0, 0.1) is 0 Å². The van der Waals surface area contributed by atoms with E-state index in [2.05, 4.69) is 0 Å². The van der Waals surface area contributed by atoms with Gasteiger partial charge in [0.1, 0.15) is 6.23 Å². The molecule has 0 aromatic carbocycles. The molecule has 1 saturated heterocycles. The monoisotopic (exact) mass is 157 g/mol. The summed E-state index contributed by atoms with van der Waals surface area (Å²) >= 11 is 0. The number of hydrogen-bond acceptors (Lipinski definition) is 3. The van der Waals surface area contributed by atoms with E-state index in [-0.39, 0.29) is 12.0 Å². The zero-order valence-corrected chi connectivity index (χ0v) is 6.71. The van der Waals surface area contributed by atoms with Gasteiger partial charge in [0, 0.05) is 12.8 Å². The summed E-state index contributed by atoms with van der Waals surface area (Å²) in [5.74, 6) is -0.280. The fraction of sp³-hybridized carbons (Fsp3) is 1.00. The van der Waals surface area contributed by atoms with Gasteiger partial charge in [0.25, 0.3) is 0 Å². The molecule has 0 amide bonds. The van der Waals surface area contributed by atoms with E-state index in [1.807, 2.05) is 0 Å². The zero-order chi connectivity index (χ0) is 7.73. The Bertz CT molecular complexity index is 138. The van der Waals surface area contributed by atoms with Crippen LogP contribution in [0.3, 0.4) is 0 Å². The van der Waals surface area contributed by atoms with Crippen molar-refractivity contribution in [3.8, 4) is 0 Å². The van der Waals surface area contributed by atoms with E-state index in [4.69, 9.17) is 15.2 Å². The van der Waals surface area contributed by atoms with Crippen LogP contribution < -0.4 is 5.73 Å². The van der Waals surface area contributed by atoms with E-state index in [1.165, 1.54) is 19.3 Å². The molecule has 2 aliphatic rings. The molecule has 0 bridgehead atoms. The van der Waals surface area contributed by atoms with Crippen LogP contribution in [0.2, 0.25) is 0 Å². The molecule has 11 heavy (non-hydrogen) atoms. The third kappa shape index (κ3) is 1.41. The molecule has 1 atom stereocenters. The molecule has 2 fully saturated rings. The van der Waals surface area contributed by atoms with Gasteiger partial charge in [-0.15, -0.1) is 0 Å². The van der Waals surface area contributed by atoms with Gasteiger partial charge >= 0.3 is 0 Å². The molecule has 2 N–H and O–H groups in total. The molecule has 3 nitrogen and oxygen atoms in total. The van der Waals surface area contributed by atoms with Crippen LogP contribution >= 0.6 is 0 Å². The van der Waals surface area contributed by atoms with Crippen LogP contribution in [0.15, 0.2) is 0 Å². The smallest absolute Gasteiger partial charge is 0.170 e. The van der Waals surface area contributed by atoms with Crippen molar-refractivity contribution < 1.29 is 9.47 Å². The molecule has 0 aromatic heterocycles. The van der Waals surface area contributed by atoms with Gasteiger partial charge in [-0.3, -0.25) is 0 Å². The van der Waals surface area contributed by atoms with E-state index in [0.717, 1.165) is 12.8 Å². The first-order valence-electron chi connectivity index (χ1n) is 4.38. The second-order valence-corrected chi connectivity index (χ2v) is 3.44. The Morgan fingerprint density at radius 3 is 2.45 bits per heavy atom. The SMILES string of the molecule is NC1COC2(CCCCC2)O1. The van der Waals surface area contributed by atoms with Gasteiger partial charge in [0.2, 0.25) is 0 Å². The van der Waals surface area contributed by atoms with E-state index in [9.17, 15) is 0 Å². The maximum atomic E-state index is 5.59. The Hall–Kier alpha value is -0.120. The summed E-state index contributed by atoms with van der Waals surface area (Å²) in [5.41, 5.74) is 5.59. The number of ether oxygens (including phenoxy) is 2. The lowest BCUT2D eigenvalue weighted by molar-refractivity contribution is -0.186. The summed E-state index contributed by atoms with van der Waals surface area (Å²) in [6, 6.07) is 0. The van der Waals surface area contributed by atoms with Crippen molar-refractivity contribution in [3.05, 3.63) is 0 Å². The minimum atomic E-state index is -0.280. The molecule has 64 valence electrons. The summed E-state index contributed by atoms with van der Waals surface area (Å²) in [6.07, 6.45) is 5.61. The average molecular weight is 157 g/mol. The second kappa shape index (κ2) is 2.73. The molecular weight excluding hydrogens is 142 g/mol. The van der Waals surface area contributed by atoms with Crippen LogP contribution in [-0.4, -0.2) is 18.6 Å². The predicted molar refractivity (Wildman–Crippen MR) is 40.8 cm³/mol. The van der Waals surface area contributed by atoms with E-state index in [1.54, 1.807) is 0 Å². The summed E-state index contributed by atoms with van der Waals surface area (Å²) in [4.78, 5) is 0. The molecule has 1 aliphatic carbocycles. The van der Waals surface area contributed by atoms with Gasteiger partial charge < -0.3 is 15.2 Å². The Kier molecular flexibility index (Phi) is 1.87. The second-order valence-electron chi connectivity index (χ2n) is 3.44. The molecule has 1 aliphatic heterocycles. The first-order chi connectivity index (χ1) is 5.31. The summed E-state index contributed by atoms with van der Waals surface area (Å²) in [7, 11) is 0. The highest BCUT2D eigenvalue weighted by Crippen LogP contribution is 2.36. The Morgan fingerprint density at radius 1 is 1.18 bits per heavy atom. The van der Waals surface area contributed by atoms with Crippen LogP contribution in [-0.2, 0) is 9.47 Å². The highest BCUT2D eigenvalue weighted by molar-refractivity contribution is 4.80. The van der Waals surface area contributed by atoms with Gasteiger partial charge in [-0.05, 0) is 12.8 Å². The third-order valence-electron chi connectivity index (χ3n) is 2.49. The molecular formula is C8H15NO2. The van der Waals surface area contributed by atoms with Crippen LogP contribution in [0.5, 0.6) is 0 Å². The van der Waals surface area contributed by atoms with Crippen molar-refractivity contribution in [2.24, 2.45) is 5.73 Å². The molecule has 3 heteroatoms. The lowest BCUT2D eigenvalue weighted by atomic mass is 9.94. The standard InChI is InChI=1S/C8H15NO2/c9-7-6-10-8(11-7)4-2-1-3-5-8/h7H,1-6,9H2. The number of nitrogens with two attached hydrogens (primary N) is 1. The first kappa shape index (κ1) is 7.53. The third-order valence-corrected chi connectivity index (χ3v) is 2.49. The Balaban J connectivity index is 1.98. The van der Waals surface area contributed by atoms with E-state index < -0.39 is 0 Å². The summed E-state index contributed by atoms with van der Waals surface area (Å²) in [5, 5.41) is 0. The van der Waals surface area contributed by atoms with Crippen molar-refractivity contribution in [2.45, 2.75) is 44.1 Å². The van der Waals surface area contributed by atoms with Crippen molar-refractivity contribution in [2.75, 3.05) is 6.61 Å². The van der Waals surface area contributed by atoms with Crippen LogP contribution in [0.1, 0.15) is 32.1 Å². The van der Waals surface area contributed by atoms with Gasteiger partial charge in [0.15, 0.2) is 5.79 Å². The molecule has 1 saturated carbocycles. The summed E-state index contributed by atoms with van der Waals surface area (Å²) in [6.45, 7) is 0.569. The predicted octanol–water partition coefficient (Wildman–Crippen LogP) is 0.978. The lowest BCUT2D eigenvalue weighted by Crippen LogP contribution is -2.34. The minimum absolute atomic E-state index is 0.187. The highest BCUT2D eigenvalue weighted by atomic mass is 16.7. The fourth-order valence-electron chi connectivity index (χ4n) is 1.93. The number of rotatable bonds is 0. The zero-order valence-electron chi connectivity index (χ0n) is 6.71. The maximum Gasteiger partial charge on any atom is 0.170 e. The molecule has 1 spiro atoms. The van der Waals surface area contributed by atoms with Crippen molar-refractivity contribution >= 4 is 0 Å². The molecule has 1 unspecified atom stereocenters. The topological polar surface area (TPSA) is 44.5 Å². The molecule has 1 heterocycles. The minimum Gasteiger partial charge on any atom is -0.346 e. The van der Waals surface area contributed by atoms with Crippen molar-refractivity contribution in [3.63, 3.8) is 0 Å². The van der Waals surface area contributed by atoms with Gasteiger partial charge in [-0.25, -0.2) is 0 Å². The highest BCUT2D eigenvalue weighted by Gasteiger charge is 2.40. The van der Waals surface area contributed by atoms with Crippen molar-refractivity contribution in [1.82, 2.24) is 0 Å². The van der Waals surface area contributed by atoms with Crippen molar-refractivity contribution in [1.29, 1.82) is 0 Å². The molecule has 0 radical (unpaired) electrons. The number of hydrogen-bond donors (Lipinski definition) is 1. The largest absolute Gasteiger partial charge is 0.346 e. The van der Waals surface area contributed by atoms with Crippen LogP contribution in [0.4, 0.5) is 0 Å². The Labute approximate surface area is 66.8 Å². The fourth-order valence-corrected chi connectivity index (χ4v) is 1.93. The normalized spacial score (nSPS) is 36.3.